The second-order valence-electron chi connectivity index (χ2n) is 4.85. The van der Waals surface area contributed by atoms with Crippen molar-refractivity contribution in [1.82, 2.24) is 4.72 Å². The van der Waals surface area contributed by atoms with Gasteiger partial charge in [-0.2, -0.15) is 0 Å². The summed E-state index contributed by atoms with van der Waals surface area (Å²) in [7, 11) is -2.64. The van der Waals surface area contributed by atoms with Crippen molar-refractivity contribution in [2.75, 3.05) is 12.4 Å². The molecular formula is C12H17N3O6S. The molecule has 9 nitrogen and oxygen atoms in total. The van der Waals surface area contributed by atoms with Gasteiger partial charge in [-0.05, 0) is 25.1 Å². The number of carboxylic acid groups (broad SMARTS) is 1. The van der Waals surface area contributed by atoms with Gasteiger partial charge in [-0.3, -0.25) is 10.1 Å². The van der Waals surface area contributed by atoms with Crippen LogP contribution in [-0.2, 0) is 14.8 Å². The van der Waals surface area contributed by atoms with E-state index in [1.165, 1.54) is 19.2 Å². The van der Waals surface area contributed by atoms with Crippen molar-refractivity contribution in [3.05, 3.63) is 28.3 Å². The molecule has 0 radical (unpaired) electrons. The van der Waals surface area contributed by atoms with Crippen LogP contribution in [0.15, 0.2) is 23.1 Å². The Morgan fingerprint density at radius 3 is 2.36 bits per heavy atom. The monoisotopic (exact) mass is 331 g/mol. The summed E-state index contributed by atoms with van der Waals surface area (Å²) >= 11 is 0. The van der Waals surface area contributed by atoms with Gasteiger partial charge in [0, 0.05) is 6.07 Å². The standard InChI is InChI=1S/C12H17N3O6S/c1-7(2)11(12(16)17)14-9-5-4-8(22(20,21)13-3)6-10(9)15(18)19/h4-7,11,13-14H,1-3H3,(H,16,17)/t11-/m0/s1. The second-order valence-corrected chi connectivity index (χ2v) is 6.73. The molecule has 1 rings (SSSR count). The quantitative estimate of drug-likeness (QED) is 0.501. The highest BCUT2D eigenvalue weighted by Crippen LogP contribution is 2.29. The summed E-state index contributed by atoms with van der Waals surface area (Å²) in [6.07, 6.45) is 0. The molecule has 3 N–H and O–H groups in total. The molecule has 122 valence electrons. The van der Waals surface area contributed by atoms with Crippen LogP contribution in [0, 0.1) is 16.0 Å². The topological polar surface area (TPSA) is 139 Å². The highest BCUT2D eigenvalue weighted by Gasteiger charge is 2.26. The first kappa shape index (κ1) is 17.9. The van der Waals surface area contributed by atoms with Gasteiger partial charge in [0.2, 0.25) is 10.0 Å². The molecule has 10 heteroatoms. The minimum Gasteiger partial charge on any atom is -0.480 e. The Kier molecular flexibility index (Phi) is 5.44. The zero-order valence-corrected chi connectivity index (χ0v) is 13.0. The SMILES string of the molecule is CNS(=O)(=O)c1ccc(N[C@H](C(=O)O)C(C)C)c([N+](=O)[O-])c1. The van der Waals surface area contributed by atoms with E-state index in [4.69, 9.17) is 5.11 Å². The highest BCUT2D eigenvalue weighted by atomic mass is 32.2. The maximum absolute atomic E-state index is 11.7. The summed E-state index contributed by atoms with van der Waals surface area (Å²) in [5.41, 5.74) is -0.565. The first-order valence-electron chi connectivity index (χ1n) is 6.31. The van der Waals surface area contributed by atoms with Gasteiger partial charge in [0.25, 0.3) is 5.69 Å². The molecule has 0 bridgehead atoms. The third-order valence-electron chi connectivity index (χ3n) is 2.99. The van der Waals surface area contributed by atoms with Gasteiger partial charge in [0.15, 0.2) is 0 Å². The summed E-state index contributed by atoms with van der Waals surface area (Å²) in [6, 6.07) is 2.19. The summed E-state index contributed by atoms with van der Waals surface area (Å²) in [5, 5.41) is 22.8. The average molecular weight is 331 g/mol. The van der Waals surface area contributed by atoms with Crippen LogP contribution < -0.4 is 10.0 Å². The van der Waals surface area contributed by atoms with Gasteiger partial charge in [-0.1, -0.05) is 13.8 Å². The van der Waals surface area contributed by atoms with E-state index in [1.54, 1.807) is 13.8 Å². The van der Waals surface area contributed by atoms with Crippen LogP contribution in [0.25, 0.3) is 0 Å². The molecule has 1 aromatic carbocycles. The minimum atomic E-state index is -3.83. The fourth-order valence-electron chi connectivity index (χ4n) is 1.75. The van der Waals surface area contributed by atoms with Crippen molar-refractivity contribution in [3.63, 3.8) is 0 Å². The molecule has 1 atom stereocenters. The smallest absolute Gasteiger partial charge is 0.326 e. The second kappa shape index (κ2) is 6.71. The van der Waals surface area contributed by atoms with E-state index in [-0.39, 0.29) is 16.5 Å². The minimum absolute atomic E-state index is 0.0545. The number of benzene rings is 1. The molecule has 0 amide bonds. The van der Waals surface area contributed by atoms with Crippen molar-refractivity contribution in [3.8, 4) is 0 Å². The Bertz CT molecular complexity index is 686. The fourth-order valence-corrected chi connectivity index (χ4v) is 2.50. The van der Waals surface area contributed by atoms with Crippen molar-refractivity contribution in [2.24, 2.45) is 5.92 Å². The normalized spacial score (nSPS) is 12.9. The van der Waals surface area contributed by atoms with E-state index in [0.717, 1.165) is 6.07 Å². The molecule has 0 aliphatic rings. The van der Waals surface area contributed by atoms with Crippen LogP contribution in [0.1, 0.15) is 13.8 Å². The van der Waals surface area contributed by atoms with Gasteiger partial charge < -0.3 is 10.4 Å². The Labute approximate surface area is 127 Å². The van der Waals surface area contributed by atoms with E-state index in [2.05, 4.69) is 10.0 Å². The number of nitrogens with one attached hydrogen (secondary N) is 2. The third kappa shape index (κ3) is 3.92. The van der Waals surface area contributed by atoms with Gasteiger partial charge in [-0.15, -0.1) is 0 Å². The van der Waals surface area contributed by atoms with Crippen LogP contribution in [0.5, 0.6) is 0 Å². The van der Waals surface area contributed by atoms with E-state index >= 15 is 0 Å². The number of hydrogen-bond donors (Lipinski definition) is 3. The third-order valence-corrected chi connectivity index (χ3v) is 4.40. The molecule has 0 fully saturated rings. The lowest BCUT2D eigenvalue weighted by molar-refractivity contribution is -0.384. The van der Waals surface area contributed by atoms with Gasteiger partial charge in [0.1, 0.15) is 11.7 Å². The molecule has 0 aliphatic heterocycles. The summed E-state index contributed by atoms with van der Waals surface area (Å²) in [6.45, 7) is 3.30. The Morgan fingerprint density at radius 1 is 1.36 bits per heavy atom. The van der Waals surface area contributed by atoms with E-state index in [1.807, 2.05) is 0 Å². The molecule has 1 aromatic rings. The number of nitro groups is 1. The zero-order valence-electron chi connectivity index (χ0n) is 12.2. The molecule has 0 aromatic heterocycles. The van der Waals surface area contributed by atoms with Crippen LogP contribution >= 0.6 is 0 Å². The molecule has 0 unspecified atom stereocenters. The zero-order chi connectivity index (χ0) is 17.1. The molecule has 22 heavy (non-hydrogen) atoms. The number of nitrogens with zero attached hydrogens (tertiary/aromatic N) is 1. The Hall–Kier alpha value is -2.20. The number of sulfonamides is 1. The van der Waals surface area contributed by atoms with E-state index < -0.39 is 32.6 Å². The van der Waals surface area contributed by atoms with Crippen LogP contribution in [-0.4, -0.2) is 37.5 Å². The Morgan fingerprint density at radius 2 is 1.95 bits per heavy atom. The van der Waals surface area contributed by atoms with Crippen molar-refractivity contribution >= 4 is 27.4 Å². The Balaban J connectivity index is 3.32. The summed E-state index contributed by atoms with van der Waals surface area (Å²) in [4.78, 5) is 21.2. The highest BCUT2D eigenvalue weighted by molar-refractivity contribution is 7.89. The number of carbonyl (C=O) groups is 1. The maximum atomic E-state index is 11.7. The van der Waals surface area contributed by atoms with Crippen LogP contribution in [0.3, 0.4) is 0 Å². The first-order valence-corrected chi connectivity index (χ1v) is 7.79. The van der Waals surface area contributed by atoms with Gasteiger partial charge in [0.05, 0.1) is 9.82 Å². The summed E-state index contributed by atoms with van der Waals surface area (Å²) in [5.74, 6) is -1.48. The van der Waals surface area contributed by atoms with Crippen molar-refractivity contribution < 1.29 is 23.2 Å². The molecule has 0 saturated carbocycles. The molecule has 0 saturated heterocycles. The predicted molar refractivity (Wildman–Crippen MR) is 79.2 cm³/mol. The van der Waals surface area contributed by atoms with Crippen LogP contribution in [0.2, 0.25) is 0 Å². The molecule has 0 spiro atoms. The fraction of sp³-hybridized carbons (Fsp3) is 0.417. The number of hydrogen-bond acceptors (Lipinski definition) is 6. The largest absolute Gasteiger partial charge is 0.480 e. The maximum Gasteiger partial charge on any atom is 0.326 e. The van der Waals surface area contributed by atoms with Crippen LogP contribution in [0.4, 0.5) is 11.4 Å². The summed E-state index contributed by atoms with van der Waals surface area (Å²) < 4.78 is 25.4. The van der Waals surface area contributed by atoms with E-state index in [9.17, 15) is 23.3 Å². The average Bonchev–Trinajstić information content (AvgIpc) is 2.43. The number of anilines is 1. The predicted octanol–water partition coefficient (Wildman–Crippen LogP) is 1.02. The van der Waals surface area contributed by atoms with Gasteiger partial charge in [-0.25, -0.2) is 17.9 Å². The van der Waals surface area contributed by atoms with E-state index in [0.29, 0.717) is 0 Å². The van der Waals surface area contributed by atoms with Crippen molar-refractivity contribution in [1.29, 1.82) is 0 Å². The number of carboxylic acids is 1. The molecule has 0 aliphatic carbocycles. The van der Waals surface area contributed by atoms with Gasteiger partial charge >= 0.3 is 5.97 Å². The molecule has 0 heterocycles. The first-order chi connectivity index (χ1) is 10.1. The lowest BCUT2D eigenvalue weighted by Crippen LogP contribution is -2.34. The molecular weight excluding hydrogens is 314 g/mol. The lowest BCUT2D eigenvalue weighted by Gasteiger charge is -2.19. The number of rotatable bonds is 7. The number of nitro benzene ring substituents is 1. The van der Waals surface area contributed by atoms with Crippen molar-refractivity contribution in [2.45, 2.75) is 24.8 Å². The number of aliphatic carboxylic acids is 1. The lowest BCUT2D eigenvalue weighted by atomic mass is 10.0.